The molecule has 0 N–H and O–H groups in total. The first-order valence-electron chi connectivity index (χ1n) is 8.70. The highest BCUT2D eigenvalue weighted by atomic mass is 79.9. The molecule has 1 aliphatic heterocycles. The molecule has 1 saturated heterocycles. The van der Waals surface area contributed by atoms with Gasteiger partial charge >= 0.3 is 6.18 Å². The van der Waals surface area contributed by atoms with Gasteiger partial charge in [-0.3, -0.25) is 9.58 Å². The van der Waals surface area contributed by atoms with E-state index in [-0.39, 0.29) is 16.8 Å². The third-order valence-electron chi connectivity index (χ3n) is 4.89. The zero-order valence-corrected chi connectivity index (χ0v) is 16.7. The molecule has 2 aromatic rings. The highest BCUT2D eigenvalue weighted by Crippen LogP contribution is 2.35. The molecule has 0 amide bonds. The van der Waals surface area contributed by atoms with Crippen molar-refractivity contribution < 1.29 is 22.4 Å². The summed E-state index contributed by atoms with van der Waals surface area (Å²) in [7, 11) is 0. The van der Waals surface area contributed by atoms with E-state index in [1.54, 1.807) is 12.1 Å². The van der Waals surface area contributed by atoms with Crippen LogP contribution in [-0.2, 0) is 17.5 Å². The quantitative estimate of drug-likeness (QED) is 0.503. The highest BCUT2D eigenvalue weighted by Gasteiger charge is 2.38. The van der Waals surface area contributed by atoms with Crippen molar-refractivity contribution in [3.05, 3.63) is 45.9 Å². The van der Waals surface area contributed by atoms with E-state index >= 15 is 0 Å². The van der Waals surface area contributed by atoms with Crippen LogP contribution in [0, 0.1) is 12.7 Å². The smallest absolute Gasteiger partial charge is 0.369 e. The minimum Gasteiger partial charge on any atom is -0.369 e. The van der Waals surface area contributed by atoms with Crippen LogP contribution in [0.4, 0.5) is 23.2 Å². The molecule has 0 radical (unpaired) electrons. The summed E-state index contributed by atoms with van der Waals surface area (Å²) in [4.78, 5) is 15.6. The molecular formula is C18H19BrF4N4O. The van der Waals surface area contributed by atoms with Crippen molar-refractivity contribution in [1.82, 2.24) is 14.7 Å². The molecule has 1 unspecified atom stereocenters. The van der Waals surface area contributed by atoms with Crippen LogP contribution in [0.15, 0.2) is 28.7 Å². The Kier molecular flexibility index (Phi) is 6.09. The topological polar surface area (TPSA) is 41.4 Å². The van der Waals surface area contributed by atoms with E-state index in [1.807, 2.05) is 4.90 Å². The number of alkyl halides is 3. The van der Waals surface area contributed by atoms with E-state index in [4.69, 9.17) is 0 Å². The van der Waals surface area contributed by atoms with Gasteiger partial charge in [0.25, 0.3) is 0 Å². The third-order valence-corrected chi connectivity index (χ3v) is 5.84. The number of nitrogens with zero attached hydrogens (tertiary/aromatic N) is 4. The summed E-state index contributed by atoms with van der Waals surface area (Å²) in [5.74, 6) is -0.303. The second kappa shape index (κ2) is 8.20. The van der Waals surface area contributed by atoms with Gasteiger partial charge in [-0.15, -0.1) is 0 Å². The fraction of sp³-hybridized carbons (Fsp3) is 0.444. The number of halogens is 5. The first-order valence-corrected chi connectivity index (χ1v) is 9.50. The maximum absolute atomic E-state index is 13.1. The van der Waals surface area contributed by atoms with E-state index in [9.17, 15) is 22.4 Å². The van der Waals surface area contributed by atoms with Crippen molar-refractivity contribution in [2.45, 2.75) is 25.7 Å². The predicted molar refractivity (Wildman–Crippen MR) is 99.7 cm³/mol. The summed E-state index contributed by atoms with van der Waals surface area (Å²) in [5.41, 5.74) is 0.227. The molecule has 152 valence electrons. The summed E-state index contributed by atoms with van der Waals surface area (Å²) >= 11 is 2.94. The molecule has 1 aromatic heterocycles. The van der Waals surface area contributed by atoms with Gasteiger partial charge in [-0.2, -0.15) is 18.3 Å². The number of anilines is 1. The molecule has 2 heterocycles. The van der Waals surface area contributed by atoms with E-state index in [0.717, 1.165) is 12.0 Å². The number of rotatable bonds is 5. The van der Waals surface area contributed by atoms with Crippen LogP contribution < -0.4 is 4.90 Å². The zero-order valence-electron chi connectivity index (χ0n) is 15.1. The fourth-order valence-electron chi connectivity index (χ4n) is 3.27. The average molecular weight is 463 g/mol. The Bertz CT molecular complexity index is 829. The minimum absolute atomic E-state index is 0.0422. The molecule has 1 fully saturated rings. The van der Waals surface area contributed by atoms with Gasteiger partial charge < -0.3 is 9.69 Å². The van der Waals surface area contributed by atoms with Gasteiger partial charge in [-0.05, 0) is 47.1 Å². The highest BCUT2D eigenvalue weighted by molar-refractivity contribution is 9.10. The standard InChI is InChI=1S/C18H19BrF4N4O/c1-12-16(19)17(18(21,22)23)24-27(12)10-15(11-28)26-8-6-25(7-9-26)14-4-2-13(20)3-5-14/h2-5,11,15H,6-10H2,1H3. The molecule has 1 aromatic carbocycles. The Balaban J connectivity index is 1.67. The van der Waals surface area contributed by atoms with Gasteiger partial charge in [0, 0.05) is 31.9 Å². The van der Waals surface area contributed by atoms with Crippen molar-refractivity contribution >= 4 is 27.9 Å². The van der Waals surface area contributed by atoms with E-state index in [2.05, 4.69) is 25.9 Å². The van der Waals surface area contributed by atoms with Crippen LogP contribution in [0.3, 0.4) is 0 Å². The molecular weight excluding hydrogens is 444 g/mol. The van der Waals surface area contributed by atoms with Crippen molar-refractivity contribution in [2.75, 3.05) is 31.1 Å². The lowest BCUT2D eigenvalue weighted by molar-refractivity contribution is -0.142. The third kappa shape index (κ3) is 4.38. The molecule has 0 bridgehead atoms. The Morgan fingerprint density at radius 1 is 1.18 bits per heavy atom. The molecule has 1 aliphatic rings. The number of aromatic nitrogens is 2. The van der Waals surface area contributed by atoms with Crippen LogP contribution in [0.1, 0.15) is 11.4 Å². The zero-order chi connectivity index (χ0) is 20.5. The maximum atomic E-state index is 13.1. The maximum Gasteiger partial charge on any atom is 0.436 e. The van der Waals surface area contributed by atoms with Crippen molar-refractivity contribution in [2.24, 2.45) is 0 Å². The van der Waals surface area contributed by atoms with Crippen LogP contribution >= 0.6 is 15.9 Å². The van der Waals surface area contributed by atoms with Gasteiger partial charge in [0.2, 0.25) is 0 Å². The van der Waals surface area contributed by atoms with Crippen LogP contribution in [0.25, 0.3) is 0 Å². The van der Waals surface area contributed by atoms with E-state index in [1.165, 1.54) is 23.7 Å². The summed E-state index contributed by atoms with van der Waals surface area (Å²) in [6.07, 6.45) is -3.82. The Labute approximate surface area is 168 Å². The molecule has 3 rings (SSSR count). The Hall–Kier alpha value is -1.94. The first-order chi connectivity index (χ1) is 13.2. The Morgan fingerprint density at radius 2 is 1.79 bits per heavy atom. The average Bonchev–Trinajstić information content (AvgIpc) is 2.95. The number of piperazine rings is 1. The number of carbonyl (C=O) groups excluding carboxylic acids is 1. The van der Waals surface area contributed by atoms with Gasteiger partial charge in [0.15, 0.2) is 5.69 Å². The van der Waals surface area contributed by atoms with Crippen molar-refractivity contribution in [3.63, 3.8) is 0 Å². The number of aldehydes is 1. The number of hydrogen-bond acceptors (Lipinski definition) is 4. The molecule has 28 heavy (non-hydrogen) atoms. The number of carbonyl (C=O) groups is 1. The molecule has 0 spiro atoms. The van der Waals surface area contributed by atoms with E-state index in [0.29, 0.717) is 31.9 Å². The normalized spacial score (nSPS) is 17.0. The minimum atomic E-state index is -4.56. The first kappa shape index (κ1) is 20.8. The summed E-state index contributed by atoms with van der Waals surface area (Å²) in [6.45, 7) is 3.96. The molecule has 0 aliphatic carbocycles. The SMILES string of the molecule is Cc1c(Br)c(C(F)(F)F)nn1CC(C=O)N1CCN(c2ccc(F)cc2)CC1. The summed E-state index contributed by atoms with van der Waals surface area (Å²) in [5, 5.41) is 3.65. The van der Waals surface area contributed by atoms with Gasteiger partial charge in [0.05, 0.1) is 22.8 Å². The molecule has 10 heteroatoms. The van der Waals surface area contributed by atoms with Gasteiger partial charge in [-0.1, -0.05) is 0 Å². The Morgan fingerprint density at radius 3 is 2.29 bits per heavy atom. The molecule has 5 nitrogen and oxygen atoms in total. The van der Waals surface area contributed by atoms with E-state index < -0.39 is 17.9 Å². The molecule has 0 saturated carbocycles. The monoisotopic (exact) mass is 462 g/mol. The van der Waals surface area contributed by atoms with Crippen LogP contribution in [-0.4, -0.2) is 53.2 Å². The second-order valence-corrected chi connectivity index (χ2v) is 7.42. The summed E-state index contributed by atoms with van der Waals surface area (Å²) < 4.78 is 53.3. The van der Waals surface area contributed by atoms with Gasteiger partial charge in [-0.25, -0.2) is 4.39 Å². The lowest BCUT2D eigenvalue weighted by atomic mass is 10.2. The predicted octanol–water partition coefficient (Wildman–Crippen LogP) is 3.50. The van der Waals surface area contributed by atoms with Crippen LogP contribution in [0.5, 0.6) is 0 Å². The lowest BCUT2D eigenvalue weighted by Crippen LogP contribution is -2.52. The van der Waals surface area contributed by atoms with Crippen molar-refractivity contribution in [3.8, 4) is 0 Å². The lowest BCUT2D eigenvalue weighted by Gasteiger charge is -2.38. The van der Waals surface area contributed by atoms with Gasteiger partial charge in [0.1, 0.15) is 12.1 Å². The van der Waals surface area contributed by atoms with Crippen molar-refractivity contribution in [1.29, 1.82) is 0 Å². The largest absolute Gasteiger partial charge is 0.436 e. The fourth-order valence-corrected chi connectivity index (χ4v) is 3.78. The second-order valence-electron chi connectivity index (χ2n) is 6.63. The number of benzene rings is 1. The van der Waals surface area contributed by atoms with Crippen LogP contribution in [0.2, 0.25) is 0 Å². The number of hydrogen-bond donors (Lipinski definition) is 0. The molecule has 1 atom stereocenters. The summed E-state index contributed by atoms with van der Waals surface area (Å²) in [6, 6.07) is 5.61.